The highest BCUT2D eigenvalue weighted by Crippen LogP contribution is 2.40. The molecule has 0 saturated heterocycles. The van der Waals surface area contributed by atoms with Crippen molar-refractivity contribution in [3.05, 3.63) is 151 Å². The van der Waals surface area contributed by atoms with E-state index < -0.39 is 0 Å². The van der Waals surface area contributed by atoms with E-state index in [4.69, 9.17) is 11.6 Å². The van der Waals surface area contributed by atoms with Crippen LogP contribution in [-0.2, 0) is 0 Å². The van der Waals surface area contributed by atoms with Crippen molar-refractivity contribution in [1.29, 1.82) is 0 Å². The lowest BCUT2D eigenvalue weighted by Gasteiger charge is -2.14. The Balaban J connectivity index is 1.58. The number of nitrogens with zero attached hydrogens (tertiary/aromatic N) is 1. The second-order valence-corrected chi connectivity index (χ2v) is 10.00. The van der Waals surface area contributed by atoms with Gasteiger partial charge in [0.15, 0.2) is 0 Å². The van der Waals surface area contributed by atoms with E-state index in [1.807, 2.05) is 6.07 Å². The Morgan fingerprint density at radius 1 is 0.421 bits per heavy atom. The summed E-state index contributed by atoms with van der Waals surface area (Å²) in [5.74, 6) is 0. The van der Waals surface area contributed by atoms with E-state index in [-0.39, 0.29) is 0 Å². The number of rotatable bonds is 4. The second-order valence-electron chi connectivity index (χ2n) is 9.56. The minimum Gasteiger partial charge on any atom is -0.309 e. The van der Waals surface area contributed by atoms with Gasteiger partial charge in [0, 0.05) is 21.5 Å². The Bertz CT molecular complexity index is 1840. The number of benzene rings is 6. The standard InChI is InChI=1S/C36H24ClN/c37-30-19-20-34-33(24-30)36-32(27-15-8-3-9-16-27)17-10-18-35(36)38(34)31-22-28(25-11-4-1-5-12-25)21-29(23-31)26-13-6-2-7-14-26/h1-24H. The topological polar surface area (TPSA) is 4.93 Å². The van der Waals surface area contributed by atoms with Crippen molar-refractivity contribution in [1.82, 2.24) is 4.57 Å². The largest absolute Gasteiger partial charge is 0.309 e. The molecule has 0 saturated carbocycles. The van der Waals surface area contributed by atoms with Gasteiger partial charge in [0.2, 0.25) is 0 Å². The van der Waals surface area contributed by atoms with Gasteiger partial charge in [-0.05, 0) is 75.8 Å². The lowest BCUT2D eigenvalue weighted by atomic mass is 9.98. The van der Waals surface area contributed by atoms with Gasteiger partial charge in [-0.15, -0.1) is 0 Å². The predicted octanol–water partition coefficient (Wildman–Crippen LogP) is 10.4. The maximum absolute atomic E-state index is 6.57. The van der Waals surface area contributed by atoms with Crippen molar-refractivity contribution in [2.45, 2.75) is 0 Å². The molecule has 0 spiro atoms. The molecule has 0 fully saturated rings. The lowest BCUT2D eigenvalue weighted by molar-refractivity contribution is 1.18. The lowest BCUT2D eigenvalue weighted by Crippen LogP contribution is -1.96. The van der Waals surface area contributed by atoms with Crippen molar-refractivity contribution in [3.63, 3.8) is 0 Å². The van der Waals surface area contributed by atoms with Crippen molar-refractivity contribution in [3.8, 4) is 39.1 Å². The van der Waals surface area contributed by atoms with Gasteiger partial charge < -0.3 is 4.57 Å². The average molecular weight is 506 g/mol. The number of aromatic nitrogens is 1. The van der Waals surface area contributed by atoms with Crippen LogP contribution in [0.5, 0.6) is 0 Å². The summed E-state index contributed by atoms with van der Waals surface area (Å²) < 4.78 is 2.38. The first-order valence-electron chi connectivity index (χ1n) is 12.8. The van der Waals surface area contributed by atoms with E-state index in [9.17, 15) is 0 Å². The third-order valence-corrected chi connectivity index (χ3v) is 7.46. The van der Waals surface area contributed by atoms with Crippen LogP contribution in [0.3, 0.4) is 0 Å². The number of fused-ring (bicyclic) bond motifs is 3. The molecule has 0 aliphatic heterocycles. The monoisotopic (exact) mass is 505 g/mol. The second kappa shape index (κ2) is 9.37. The van der Waals surface area contributed by atoms with Crippen molar-refractivity contribution >= 4 is 33.4 Å². The Kier molecular flexibility index (Phi) is 5.57. The fourth-order valence-electron chi connectivity index (χ4n) is 5.51. The molecule has 0 amide bonds. The number of halogens is 1. The first kappa shape index (κ1) is 22.6. The highest BCUT2D eigenvalue weighted by Gasteiger charge is 2.17. The Morgan fingerprint density at radius 3 is 1.61 bits per heavy atom. The summed E-state index contributed by atoms with van der Waals surface area (Å²) in [6, 6.07) is 51.5. The molecule has 0 aliphatic rings. The molecule has 1 nitrogen and oxygen atoms in total. The molecule has 0 N–H and O–H groups in total. The van der Waals surface area contributed by atoms with E-state index in [0.717, 1.165) is 27.1 Å². The van der Waals surface area contributed by atoms with Crippen molar-refractivity contribution < 1.29 is 0 Å². The molecule has 38 heavy (non-hydrogen) atoms. The minimum absolute atomic E-state index is 0.738. The first-order chi connectivity index (χ1) is 18.8. The molecule has 0 atom stereocenters. The fourth-order valence-corrected chi connectivity index (χ4v) is 5.69. The summed E-state index contributed by atoms with van der Waals surface area (Å²) in [5, 5.41) is 3.10. The zero-order valence-electron chi connectivity index (χ0n) is 20.7. The Hall–Kier alpha value is -4.59. The summed E-state index contributed by atoms with van der Waals surface area (Å²) in [6.07, 6.45) is 0. The van der Waals surface area contributed by atoms with Crippen LogP contribution < -0.4 is 0 Å². The summed E-state index contributed by atoms with van der Waals surface area (Å²) in [4.78, 5) is 0. The summed E-state index contributed by atoms with van der Waals surface area (Å²) in [7, 11) is 0. The van der Waals surface area contributed by atoms with Gasteiger partial charge in [-0.1, -0.05) is 115 Å². The minimum atomic E-state index is 0.738. The maximum atomic E-state index is 6.57. The quantitative estimate of drug-likeness (QED) is 0.224. The molecule has 2 heteroatoms. The van der Waals surface area contributed by atoms with E-state index in [1.54, 1.807) is 0 Å². The third kappa shape index (κ3) is 3.89. The third-order valence-electron chi connectivity index (χ3n) is 7.23. The highest BCUT2D eigenvalue weighted by atomic mass is 35.5. The van der Waals surface area contributed by atoms with Crippen LogP contribution in [0.15, 0.2) is 146 Å². The van der Waals surface area contributed by atoms with Crippen LogP contribution in [0.4, 0.5) is 0 Å². The SMILES string of the molecule is Clc1ccc2c(c1)c1c(-c3ccccc3)cccc1n2-c1cc(-c2ccccc2)cc(-c2ccccc2)c1. The van der Waals surface area contributed by atoms with Gasteiger partial charge in [-0.2, -0.15) is 0 Å². The Labute approximate surface area is 227 Å². The molecule has 7 aromatic rings. The fraction of sp³-hybridized carbons (Fsp3) is 0. The van der Waals surface area contributed by atoms with E-state index in [1.165, 1.54) is 38.8 Å². The van der Waals surface area contributed by atoms with Crippen LogP contribution in [0, 0.1) is 0 Å². The van der Waals surface area contributed by atoms with Crippen molar-refractivity contribution in [2.24, 2.45) is 0 Å². The first-order valence-corrected chi connectivity index (χ1v) is 13.2. The molecular formula is C36H24ClN. The van der Waals surface area contributed by atoms with Gasteiger partial charge in [-0.25, -0.2) is 0 Å². The molecule has 0 aliphatic carbocycles. The van der Waals surface area contributed by atoms with Gasteiger partial charge >= 0.3 is 0 Å². The van der Waals surface area contributed by atoms with Gasteiger partial charge in [0.05, 0.1) is 11.0 Å². The zero-order chi connectivity index (χ0) is 25.5. The molecule has 0 radical (unpaired) electrons. The normalized spacial score (nSPS) is 11.3. The molecule has 6 aromatic carbocycles. The molecule has 1 aromatic heterocycles. The van der Waals surface area contributed by atoms with Crippen LogP contribution in [0.25, 0.3) is 60.9 Å². The zero-order valence-corrected chi connectivity index (χ0v) is 21.4. The highest BCUT2D eigenvalue weighted by molar-refractivity contribution is 6.32. The van der Waals surface area contributed by atoms with E-state index in [2.05, 4.69) is 144 Å². The smallest absolute Gasteiger partial charge is 0.0547 e. The van der Waals surface area contributed by atoms with Gasteiger partial charge in [-0.3, -0.25) is 0 Å². The van der Waals surface area contributed by atoms with E-state index in [0.29, 0.717) is 0 Å². The molecular weight excluding hydrogens is 482 g/mol. The number of hydrogen-bond donors (Lipinski definition) is 0. The summed E-state index contributed by atoms with van der Waals surface area (Å²) >= 11 is 6.57. The van der Waals surface area contributed by atoms with Crippen LogP contribution >= 0.6 is 11.6 Å². The van der Waals surface area contributed by atoms with Crippen LogP contribution in [0.2, 0.25) is 5.02 Å². The average Bonchev–Trinajstić information content (AvgIpc) is 3.32. The summed E-state index contributed by atoms with van der Waals surface area (Å²) in [6.45, 7) is 0. The van der Waals surface area contributed by atoms with Crippen LogP contribution in [0.1, 0.15) is 0 Å². The van der Waals surface area contributed by atoms with Crippen molar-refractivity contribution in [2.75, 3.05) is 0 Å². The van der Waals surface area contributed by atoms with Gasteiger partial charge in [0.25, 0.3) is 0 Å². The number of hydrogen-bond acceptors (Lipinski definition) is 0. The van der Waals surface area contributed by atoms with Crippen LogP contribution in [-0.4, -0.2) is 4.57 Å². The molecule has 7 rings (SSSR count). The molecule has 0 unspecified atom stereocenters. The molecule has 0 bridgehead atoms. The summed E-state index contributed by atoms with van der Waals surface area (Å²) in [5.41, 5.74) is 10.6. The maximum Gasteiger partial charge on any atom is 0.0547 e. The molecule has 180 valence electrons. The predicted molar refractivity (Wildman–Crippen MR) is 162 cm³/mol. The van der Waals surface area contributed by atoms with Gasteiger partial charge in [0.1, 0.15) is 0 Å². The Morgan fingerprint density at radius 2 is 1.00 bits per heavy atom. The molecule has 1 heterocycles. The van der Waals surface area contributed by atoms with E-state index >= 15 is 0 Å².